The predicted molar refractivity (Wildman–Crippen MR) is 125 cm³/mol. The number of carboxylic acid groups (broad SMARTS) is 1. The number of hydrogen-bond donors (Lipinski definition) is 3. The Balaban J connectivity index is 1.73. The van der Waals surface area contributed by atoms with Gasteiger partial charge in [-0.3, -0.25) is 4.90 Å². The van der Waals surface area contributed by atoms with Gasteiger partial charge in [-0.2, -0.15) is 0 Å². The number of fused-ring (bicyclic) bond motifs is 1. The molecule has 0 radical (unpaired) electrons. The summed E-state index contributed by atoms with van der Waals surface area (Å²) in [7, 11) is 0. The first-order chi connectivity index (χ1) is 16.0. The van der Waals surface area contributed by atoms with E-state index in [4.69, 9.17) is 14.7 Å². The van der Waals surface area contributed by atoms with E-state index in [0.717, 1.165) is 35.7 Å². The van der Waals surface area contributed by atoms with Gasteiger partial charge in [0.15, 0.2) is 5.82 Å². The summed E-state index contributed by atoms with van der Waals surface area (Å²) in [6.45, 7) is 7.55. The molecule has 33 heavy (non-hydrogen) atoms. The average molecular weight is 455 g/mol. The lowest BCUT2D eigenvalue weighted by atomic mass is 9.95. The molecule has 10 nitrogen and oxygen atoms in total. The standard InChI is InChI=1S/C23H30N6O4/c1-3-18-19-17(9-10-29(18)23(31)32)21(28-11-13-33-14-12-28)27-20(26-19)15-5-7-16(8-6-15)25-22(30)24-4-2/h5-8,18H,3-4,9-14H2,1-2H3,(H,31,32)(H2,24,25,30). The number of nitrogens with zero attached hydrogens (tertiary/aromatic N) is 4. The van der Waals surface area contributed by atoms with Crippen LogP contribution in [0.2, 0.25) is 0 Å². The van der Waals surface area contributed by atoms with Crippen LogP contribution in [0.4, 0.5) is 21.1 Å². The molecule has 4 rings (SSSR count). The van der Waals surface area contributed by atoms with Gasteiger partial charge in [-0.15, -0.1) is 0 Å². The topological polar surface area (TPSA) is 120 Å². The number of anilines is 2. The first-order valence-corrected chi connectivity index (χ1v) is 11.4. The van der Waals surface area contributed by atoms with Crippen molar-refractivity contribution in [1.82, 2.24) is 20.2 Å². The maximum Gasteiger partial charge on any atom is 0.407 e. The summed E-state index contributed by atoms with van der Waals surface area (Å²) in [6, 6.07) is 6.78. The van der Waals surface area contributed by atoms with Gasteiger partial charge in [-0.05, 0) is 44.0 Å². The van der Waals surface area contributed by atoms with Gasteiger partial charge in [0.2, 0.25) is 0 Å². The van der Waals surface area contributed by atoms with Crippen LogP contribution in [0.3, 0.4) is 0 Å². The number of carbonyl (C=O) groups excluding carboxylic acids is 1. The van der Waals surface area contributed by atoms with E-state index in [9.17, 15) is 14.7 Å². The van der Waals surface area contributed by atoms with Gasteiger partial charge in [0, 0.05) is 43.0 Å². The molecule has 1 atom stereocenters. The summed E-state index contributed by atoms with van der Waals surface area (Å²) in [5.41, 5.74) is 3.28. The van der Waals surface area contributed by atoms with Crippen molar-refractivity contribution >= 4 is 23.6 Å². The lowest BCUT2D eigenvalue weighted by molar-refractivity contribution is 0.116. The number of carbonyl (C=O) groups is 2. The number of aromatic nitrogens is 2. The van der Waals surface area contributed by atoms with E-state index in [0.29, 0.717) is 50.7 Å². The van der Waals surface area contributed by atoms with Crippen molar-refractivity contribution in [2.45, 2.75) is 32.7 Å². The van der Waals surface area contributed by atoms with Crippen molar-refractivity contribution in [3.63, 3.8) is 0 Å². The van der Waals surface area contributed by atoms with E-state index in [1.165, 1.54) is 4.90 Å². The fourth-order valence-corrected chi connectivity index (χ4v) is 4.39. The largest absolute Gasteiger partial charge is 0.465 e. The zero-order valence-electron chi connectivity index (χ0n) is 19.0. The van der Waals surface area contributed by atoms with Crippen LogP contribution in [-0.2, 0) is 11.2 Å². The zero-order chi connectivity index (χ0) is 23.4. The molecule has 1 saturated heterocycles. The van der Waals surface area contributed by atoms with Gasteiger partial charge >= 0.3 is 12.1 Å². The minimum Gasteiger partial charge on any atom is -0.465 e. The van der Waals surface area contributed by atoms with E-state index in [1.54, 1.807) is 0 Å². The molecule has 1 unspecified atom stereocenters. The fraction of sp³-hybridized carbons (Fsp3) is 0.478. The summed E-state index contributed by atoms with van der Waals surface area (Å²) in [6.07, 6.45) is 0.287. The molecule has 2 aliphatic rings. The van der Waals surface area contributed by atoms with Crippen molar-refractivity contribution in [2.24, 2.45) is 0 Å². The van der Waals surface area contributed by atoms with Gasteiger partial charge in [-0.25, -0.2) is 19.6 Å². The third-order valence-electron chi connectivity index (χ3n) is 5.99. The SMILES string of the molecule is CCNC(=O)Nc1ccc(-c2nc3c(c(N4CCOCC4)n2)CCN(C(=O)O)C3CC)cc1. The smallest absolute Gasteiger partial charge is 0.407 e. The molecule has 2 aliphatic heterocycles. The lowest BCUT2D eigenvalue weighted by Gasteiger charge is -2.37. The zero-order valence-corrected chi connectivity index (χ0v) is 19.0. The Labute approximate surface area is 193 Å². The molecule has 0 bridgehead atoms. The number of urea groups is 1. The van der Waals surface area contributed by atoms with Gasteiger partial charge in [0.1, 0.15) is 5.82 Å². The molecule has 176 valence electrons. The number of benzene rings is 1. The Morgan fingerprint density at radius 2 is 1.85 bits per heavy atom. The third-order valence-corrected chi connectivity index (χ3v) is 5.99. The molecule has 0 spiro atoms. The number of ether oxygens (including phenoxy) is 1. The van der Waals surface area contributed by atoms with E-state index >= 15 is 0 Å². The quantitative estimate of drug-likeness (QED) is 0.635. The van der Waals surface area contributed by atoms with Crippen molar-refractivity contribution in [2.75, 3.05) is 49.6 Å². The monoisotopic (exact) mass is 454 g/mol. The van der Waals surface area contributed by atoms with Crippen LogP contribution in [0.1, 0.15) is 37.6 Å². The molecule has 3 amide bonds. The molecular weight excluding hydrogens is 424 g/mol. The molecule has 1 aromatic carbocycles. The number of rotatable bonds is 5. The second-order valence-corrected chi connectivity index (χ2v) is 8.05. The maximum absolute atomic E-state index is 11.9. The summed E-state index contributed by atoms with van der Waals surface area (Å²) in [5.74, 6) is 1.41. The predicted octanol–water partition coefficient (Wildman–Crippen LogP) is 3.11. The van der Waals surface area contributed by atoms with E-state index in [2.05, 4.69) is 15.5 Å². The highest BCUT2D eigenvalue weighted by atomic mass is 16.5. The Morgan fingerprint density at radius 1 is 1.12 bits per heavy atom. The molecule has 0 saturated carbocycles. The second-order valence-electron chi connectivity index (χ2n) is 8.05. The Kier molecular flexibility index (Phi) is 6.93. The minimum atomic E-state index is -0.929. The summed E-state index contributed by atoms with van der Waals surface area (Å²) in [4.78, 5) is 37.1. The molecule has 1 fully saturated rings. The highest BCUT2D eigenvalue weighted by Crippen LogP contribution is 2.37. The molecule has 2 aromatic rings. The first kappa shape index (κ1) is 22.8. The van der Waals surface area contributed by atoms with Crippen LogP contribution in [0, 0.1) is 0 Å². The highest BCUT2D eigenvalue weighted by molar-refractivity contribution is 5.89. The van der Waals surface area contributed by atoms with Gasteiger partial charge < -0.3 is 25.4 Å². The maximum atomic E-state index is 11.9. The molecule has 1 aromatic heterocycles. The van der Waals surface area contributed by atoms with Crippen LogP contribution in [0.25, 0.3) is 11.4 Å². The Bertz CT molecular complexity index is 1010. The van der Waals surface area contributed by atoms with E-state index in [1.807, 2.05) is 38.1 Å². The van der Waals surface area contributed by atoms with E-state index in [-0.39, 0.29) is 12.1 Å². The normalized spacial score (nSPS) is 17.9. The number of amides is 3. The summed E-state index contributed by atoms with van der Waals surface area (Å²) >= 11 is 0. The number of morpholine rings is 1. The van der Waals surface area contributed by atoms with Gasteiger partial charge in [0.25, 0.3) is 0 Å². The molecule has 0 aliphatic carbocycles. The number of nitrogens with one attached hydrogen (secondary N) is 2. The minimum absolute atomic E-state index is 0.260. The molecular formula is C23H30N6O4. The van der Waals surface area contributed by atoms with Crippen molar-refractivity contribution in [3.8, 4) is 11.4 Å². The van der Waals surface area contributed by atoms with Crippen LogP contribution in [0.15, 0.2) is 24.3 Å². The fourth-order valence-electron chi connectivity index (χ4n) is 4.39. The van der Waals surface area contributed by atoms with Crippen LogP contribution in [-0.4, -0.2) is 71.5 Å². The van der Waals surface area contributed by atoms with Gasteiger partial charge in [-0.1, -0.05) is 6.92 Å². The van der Waals surface area contributed by atoms with Crippen LogP contribution < -0.4 is 15.5 Å². The Hall–Kier alpha value is -3.40. The van der Waals surface area contributed by atoms with Crippen LogP contribution >= 0.6 is 0 Å². The van der Waals surface area contributed by atoms with E-state index < -0.39 is 6.09 Å². The lowest BCUT2D eigenvalue weighted by Crippen LogP contribution is -2.42. The van der Waals surface area contributed by atoms with Gasteiger partial charge in [0.05, 0.1) is 24.9 Å². The average Bonchev–Trinajstić information content (AvgIpc) is 2.83. The molecule has 10 heteroatoms. The highest BCUT2D eigenvalue weighted by Gasteiger charge is 2.34. The Morgan fingerprint density at radius 3 is 2.48 bits per heavy atom. The second kappa shape index (κ2) is 10.0. The van der Waals surface area contributed by atoms with Crippen molar-refractivity contribution < 1.29 is 19.4 Å². The third kappa shape index (κ3) is 4.85. The van der Waals surface area contributed by atoms with Crippen LogP contribution in [0.5, 0.6) is 0 Å². The molecule has 3 N–H and O–H groups in total. The van der Waals surface area contributed by atoms with Crippen molar-refractivity contribution in [1.29, 1.82) is 0 Å². The van der Waals surface area contributed by atoms with Crippen molar-refractivity contribution in [3.05, 3.63) is 35.5 Å². The summed E-state index contributed by atoms with van der Waals surface area (Å²) < 4.78 is 5.52. The molecule has 3 heterocycles. The summed E-state index contributed by atoms with van der Waals surface area (Å²) in [5, 5.41) is 15.2. The first-order valence-electron chi connectivity index (χ1n) is 11.4. The number of hydrogen-bond acceptors (Lipinski definition) is 6.